The Labute approximate surface area is 126 Å². The summed E-state index contributed by atoms with van der Waals surface area (Å²) in [4.78, 5) is 16.3. The lowest BCUT2D eigenvalue weighted by Gasteiger charge is -2.20. The van der Waals surface area contributed by atoms with Gasteiger partial charge in [0.15, 0.2) is 0 Å². The van der Waals surface area contributed by atoms with E-state index in [9.17, 15) is 9.90 Å². The Balaban J connectivity index is 1.78. The molecule has 0 aliphatic carbocycles. The first-order valence-corrected chi connectivity index (χ1v) is 7.09. The van der Waals surface area contributed by atoms with Gasteiger partial charge in [-0.25, -0.2) is 4.98 Å². The van der Waals surface area contributed by atoms with Gasteiger partial charge in [0.25, 0.3) is 5.91 Å². The van der Waals surface area contributed by atoms with Crippen molar-refractivity contribution >= 4 is 28.3 Å². The van der Waals surface area contributed by atoms with Crippen LogP contribution in [0.5, 0.6) is 0 Å². The minimum absolute atomic E-state index is 0.137. The molecule has 1 fully saturated rings. The lowest BCUT2D eigenvalue weighted by molar-refractivity contribution is 0.0264. The van der Waals surface area contributed by atoms with Crippen molar-refractivity contribution in [2.24, 2.45) is 0 Å². The maximum atomic E-state index is 12.2. The fourth-order valence-corrected chi connectivity index (χ4v) is 2.61. The fraction of sp³-hybridized carbons (Fsp3) is 0.333. The molecule has 1 atom stereocenters. The molecule has 0 spiro atoms. The Kier molecular flexibility index (Phi) is 3.80. The number of pyridine rings is 1. The van der Waals surface area contributed by atoms with E-state index in [-0.39, 0.29) is 24.8 Å². The standard InChI is InChI=1S/C15H15ClN2O3/c16-13-11-4-2-1-3-10(11)7-12(18-13)14(19)17-8-15(20)5-6-21-9-15/h1-4,7,20H,5-6,8-9H2,(H,17,19). The maximum Gasteiger partial charge on any atom is 0.270 e. The van der Waals surface area contributed by atoms with Crippen molar-refractivity contribution in [3.63, 3.8) is 0 Å². The molecule has 21 heavy (non-hydrogen) atoms. The van der Waals surface area contributed by atoms with Gasteiger partial charge < -0.3 is 15.2 Å². The van der Waals surface area contributed by atoms with E-state index in [2.05, 4.69) is 10.3 Å². The van der Waals surface area contributed by atoms with E-state index in [1.807, 2.05) is 24.3 Å². The quantitative estimate of drug-likeness (QED) is 0.848. The maximum absolute atomic E-state index is 12.2. The van der Waals surface area contributed by atoms with Crippen LogP contribution in [0.3, 0.4) is 0 Å². The highest BCUT2D eigenvalue weighted by Gasteiger charge is 2.32. The number of hydrogen-bond donors (Lipinski definition) is 2. The number of aromatic nitrogens is 1. The Morgan fingerprint density at radius 1 is 1.48 bits per heavy atom. The van der Waals surface area contributed by atoms with E-state index in [4.69, 9.17) is 16.3 Å². The van der Waals surface area contributed by atoms with E-state index < -0.39 is 5.60 Å². The number of carbonyl (C=O) groups excluding carboxylic acids is 1. The molecule has 1 aromatic heterocycles. The minimum Gasteiger partial charge on any atom is -0.386 e. The second-order valence-corrected chi connectivity index (χ2v) is 5.59. The molecule has 1 aromatic carbocycles. The van der Waals surface area contributed by atoms with Gasteiger partial charge in [-0.15, -0.1) is 0 Å². The molecule has 110 valence electrons. The zero-order chi connectivity index (χ0) is 14.9. The topological polar surface area (TPSA) is 71.5 Å². The first kappa shape index (κ1) is 14.3. The lowest BCUT2D eigenvalue weighted by Crippen LogP contribution is -2.43. The highest BCUT2D eigenvalue weighted by atomic mass is 35.5. The first-order chi connectivity index (χ1) is 10.1. The number of rotatable bonds is 3. The van der Waals surface area contributed by atoms with E-state index in [0.717, 1.165) is 10.8 Å². The Morgan fingerprint density at radius 2 is 2.29 bits per heavy atom. The molecule has 1 saturated heterocycles. The van der Waals surface area contributed by atoms with Crippen molar-refractivity contribution < 1.29 is 14.6 Å². The molecule has 2 aromatic rings. The number of carbonyl (C=O) groups is 1. The molecule has 1 unspecified atom stereocenters. The zero-order valence-corrected chi connectivity index (χ0v) is 12.1. The van der Waals surface area contributed by atoms with Crippen LogP contribution in [-0.2, 0) is 4.74 Å². The van der Waals surface area contributed by atoms with Gasteiger partial charge in [0.05, 0.1) is 6.61 Å². The molecular formula is C15H15ClN2O3. The summed E-state index contributed by atoms with van der Waals surface area (Å²) in [5.41, 5.74) is -0.753. The highest BCUT2D eigenvalue weighted by molar-refractivity contribution is 6.34. The number of ether oxygens (including phenoxy) is 1. The van der Waals surface area contributed by atoms with Gasteiger partial charge in [0.1, 0.15) is 16.4 Å². The third-order valence-corrected chi connectivity index (χ3v) is 3.88. The lowest BCUT2D eigenvalue weighted by atomic mass is 10.0. The monoisotopic (exact) mass is 306 g/mol. The summed E-state index contributed by atoms with van der Waals surface area (Å²) in [6.45, 7) is 0.879. The number of aliphatic hydroxyl groups is 1. The van der Waals surface area contributed by atoms with Gasteiger partial charge in [-0.05, 0) is 11.5 Å². The number of halogens is 1. The van der Waals surface area contributed by atoms with Crippen molar-refractivity contribution in [1.29, 1.82) is 0 Å². The number of benzene rings is 1. The summed E-state index contributed by atoms with van der Waals surface area (Å²) in [6.07, 6.45) is 0.513. The number of fused-ring (bicyclic) bond motifs is 1. The van der Waals surface area contributed by atoms with Crippen molar-refractivity contribution in [1.82, 2.24) is 10.3 Å². The molecule has 1 aliphatic rings. The smallest absolute Gasteiger partial charge is 0.270 e. The predicted molar refractivity (Wildman–Crippen MR) is 79.5 cm³/mol. The van der Waals surface area contributed by atoms with Gasteiger partial charge >= 0.3 is 0 Å². The van der Waals surface area contributed by atoms with Gasteiger partial charge in [-0.3, -0.25) is 4.79 Å². The second-order valence-electron chi connectivity index (χ2n) is 5.23. The molecule has 1 amide bonds. The third-order valence-electron chi connectivity index (χ3n) is 3.59. The Bertz CT molecular complexity index is 684. The van der Waals surface area contributed by atoms with E-state index >= 15 is 0 Å². The van der Waals surface area contributed by atoms with E-state index in [0.29, 0.717) is 18.2 Å². The number of hydrogen-bond acceptors (Lipinski definition) is 4. The predicted octanol–water partition coefficient (Wildman–Crippen LogP) is 1.77. The molecule has 3 rings (SSSR count). The van der Waals surface area contributed by atoms with Gasteiger partial charge in [-0.2, -0.15) is 0 Å². The summed E-state index contributed by atoms with van der Waals surface area (Å²) < 4.78 is 5.14. The molecule has 0 saturated carbocycles. The van der Waals surface area contributed by atoms with Crippen LogP contribution in [0.25, 0.3) is 10.8 Å². The van der Waals surface area contributed by atoms with Crippen LogP contribution in [0.2, 0.25) is 5.15 Å². The summed E-state index contributed by atoms with van der Waals surface area (Å²) in [5.74, 6) is -0.358. The van der Waals surface area contributed by atoms with Crippen LogP contribution in [0, 0.1) is 0 Å². The molecule has 6 heteroatoms. The number of nitrogens with zero attached hydrogens (tertiary/aromatic N) is 1. The SMILES string of the molecule is O=C(NCC1(O)CCOC1)c1cc2ccccc2c(Cl)n1. The molecule has 2 N–H and O–H groups in total. The average Bonchev–Trinajstić information content (AvgIpc) is 2.92. The van der Waals surface area contributed by atoms with Crippen LogP contribution in [-0.4, -0.2) is 41.4 Å². The molecule has 2 heterocycles. The van der Waals surface area contributed by atoms with E-state index in [1.165, 1.54) is 0 Å². The average molecular weight is 307 g/mol. The van der Waals surface area contributed by atoms with Crippen molar-refractivity contribution in [2.75, 3.05) is 19.8 Å². The van der Waals surface area contributed by atoms with Crippen LogP contribution < -0.4 is 5.32 Å². The zero-order valence-electron chi connectivity index (χ0n) is 11.3. The summed E-state index contributed by atoms with van der Waals surface area (Å²) in [7, 11) is 0. The van der Waals surface area contributed by atoms with Gasteiger partial charge in [0, 0.05) is 25.0 Å². The second kappa shape index (κ2) is 5.60. The summed E-state index contributed by atoms with van der Waals surface area (Å²) in [5, 5.41) is 14.8. The first-order valence-electron chi connectivity index (χ1n) is 6.71. The Hall–Kier alpha value is -1.69. The number of amides is 1. The molecular weight excluding hydrogens is 292 g/mol. The molecule has 1 aliphatic heterocycles. The van der Waals surface area contributed by atoms with Crippen molar-refractivity contribution in [3.8, 4) is 0 Å². The van der Waals surface area contributed by atoms with Crippen LogP contribution in [0.15, 0.2) is 30.3 Å². The molecule has 0 radical (unpaired) electrons. The van der Waals surface area contributed by atoms with Crippen LogP contribution in [0.1, 0.15) is 16.9 Å². The number of nitrogens with one attached hydrogen (secondary N) is 1. The summed E-state index contributed by atoms with van der Waals surface area (Å²) in [6, 6.07) is 9.15. The summed E-state index contributed by atoms with van der Waals surface area (Å²) >= 11 is 6.10. The van der Waals surface area contributed by atoms with Gasteiger partial charge in [-0.1, -0.05) is 35.9 Å². The molecule has 5 nitrogen and oxygen atoms in total. The van der Waals surface area contributed by atoms with Crippen molar-refractivity contribution in [3.05, 3.63) is 41.2 Å². The largest absolute Gasteiger partial charge is 0.386 e. The van der Waals surface area contributed by atoms with Crippen molar-refractivity contribution in [2.45, 2.75) is 12.0 Å². The fourth-order valence-electron chi connectivity index (χ4n) is 2.34. The third kappa shape index (κ3) is 3.00. The minimum atomic E-state index is -0.990. The Morgan fingerprint density at radius 3 is 3.05 bits per heavy atom. The van der Waals surface area contributed by atoms with Crippen LogP contribution in [0.4, 0.5) is 0 Å². The van der Waals surface area contributed by atoms with Gasteiger partial charge in [0.2, 0.25) is 0 Å². The highest BCUT2D eigenvalue weighted by Crippen LogP contribution is 2.22. The van der Waals surface area contributed by atoms with E-state index in [1.54, 1.807) is 6.07 Å². The normalized spacial score (nSPS) is 21.6. The van der Waals surface area contributed by atoms with Crippen LogP contribution >= 0.6 is 11.6 Å². The molecule has 0 bridgehead atoms.